The van der Waals surface area contributed by atoms with Gasteiger partial charge in [-0.25, -0.2) is 4.79 Å². The first-order chi connectivity index (χ1) is 10.5. The third-order valence-corrected chi connectivity index (χ3v) is 4.49. The van der Waals surface area contributed by atoms with Crippen molar-refractivity contribution in [3.63, 3.8) is 0 Å². The molecule has 1 aliphatic heterocycles. The fourth-order valence-corrected chi connectivity index (χ4v) is 3.05. The summed E-state index contributed by atoms with van der Waals surface area (Å²) in [5.74, 6) is 0.757. The lowest BCUT2D eigenvalue weighted by Crippen LogP contribution is -2.51. The molecule has 1 rings (SSSR count). The Hall–Kier alpha value is -0.770. The maximum Gasteiger partial charge on any atom is 0.410 e. The van der Waals surface area contributed by atoms with Crippen LogP contribution in [-0.2, 0) is 4.74 Å². The van der Waals surface area contributed by atoms with Crippen LogP contribution in [0.2, 0.25) is 0 Å². The van der Waals surface area contributed by atoms with E-state index in [1.807, 2.05) is 25.7 Å². The first-order valence-corrected chi connectivity index (χ1v) is 9.22. The Bertz CT molecular complexity index is 376. The molecule has 1 fully saturated rings. The second-order valence-electron chi connectivity index (χ2n) is 9.07. The second kappa shape index (κ2) is 8.36. The van der Waals surface area contributed by atoms with Gasteiger partial charge in [0.15, 0.2) is 0 Å². The normalized spacial score (nSPS) is 23.9. The highest BCUT2D eigenvalue weighted by atomic mass is 16.6. The fraction of sp³-hybridized carbons (Fsp3) is 0.947. The highest BCUT2D eigenvalue weighted by Crippen LogP contribution is 2.30. The number of rotatable bonds is 6. The van der Waals surface area contributed by atoms with Crippen molar-refractivity contribution in [2.45, 2.75) is 85.8 Å². The van der Waals surface area contributed by atoms with E-state index in [0.717, 1.165) is 38.4 Å². The van der Waals surface area contributed by atoms with Gasteiger partial charge in [0.2, 0.25) is 0 Å². The smallest absolute Gasteiger partial charge is 0.410 e. The maximum absolute atomic E-state index is 12.3. The molecule has 1 saturated heterocycles. The van der Waals surface area contributed by atoms with Crippen LogP contribution in [0.3, 0.4) is 0 Å². The molecule has 23 heavy (non-hydrogen) atoms. The molecule has 0 bridgehead atoms. The van der Waals surface area contributed by atoms with Crippen LogP contribution in [0, 0.1) is 11.3 Å². The van der Waals surface area contributed by atoms with E-state index in [0.29, 0.717) is 6.04 Å². The quantitative estimate of drug-likeness (QED) is 0.784. The largest absolute Gasteiger partial charge is 0.444 e. The molecule has 4 nitrogen and oxygen atoms in total. The molecule has 0 saturated carbocycles. The zero-order valence-corrected chi connectivity index (χ0v) is 16.4. The zero-order valence-electron chi connectivity index (χ0n) is 16.4. The average molecular weight is 327 g/mol. The predicted octanol–water partition coefficient (Wildman–Crippen LogP) is 4.44. The summed E-state index contributed by atoms with van der Waals surface area (Å²) in [6, 6.07) is 0.533. The van der Waals surface area contributed by atoms with Gasteiger partial charge in [-0.05, 0) is 64.7 Å². The van der Waals surface area contributed by atoms with Crippen LogP contribution in [0.1, 0.15) is 74.1 Å². The van der Waals surface area contributed by atoms with Gasteiger partial charge in [0.25, 0.3) is 0 Å². The molecule has 136 valence electrons. The molecule has 0 aromatic heterocycles. The number of amides is 1. The molecule has 1 amide bonds. The van der Waals surface area contributed by atoms with Crippen molar-refractivity contribution in [1.82, 2.24) is 10.2 Å². The molecule has 0 radical (unpaired) electrons. The number of piperidine rings is 1. The Kier molecular flexibility index (Phi) is 7.37. The van der Waals surface area contributed by atoms with E-state index in [-0.39, 0.29) is 11.5 Å². The van der Waals surface area contributed by atoms with Crippen LogP contribution in [-0.4, -0.2) is 42.3 Å². The topological polar surface area (TPSA) is 41.6 Å². The first-order valence-electron chi connectivity index (χ1n) is 9.22. The molecular formula is C19H38N2O2. The minimum atomic E-state index is -0.422. The summed E-state index contributed by atoms with van der Waals surface area (Å²) in [4.78, 5) is 14.2. The van der Waals surface area contributed by atoms with Gasteiger partial charge in [-0.1, -0.05) is 20.8 Å². The Morgan fingerprint density at radius 2 is 1.91 bits per heavy atom. The number of nitrogens with zero attached hydrogens (tertiary/aromatic N) is 1. The van der Waals surface area contributed by atoms with E-state index < -0.39 is 5.60 Å². The third-order valence-electron chi connectivity index (χ3n) is 4.49. The van der Waals surface area contributed by atoms with Gasteiger partial charge in [-0.15, -0.1) is 0 Å². The van der Waals surface area contributed by atoms with Crippen LogP contribution >= 0.6 is 0 Å². The lowest BCUT2D eigenvalue weighted by atomic mass is 9.81. The molecule has 0 aliphatic carbocycles. The van der Waals surface area contributed by atoms with E-state index in [2.05, 4.69) is 33.0 Å². The van der Waals surface area contributed by atoms with Crippen LogP contribution in [0.5, 0.6) is 0 Å². The van der Waals surface area contributed by atoms with Crippen molar-refractivity contribution in [2.75, 3.05) is 19.6 Å². The van der Waals surface area contributed by atoms with Gasteiger partial charge in [0, 0.05) is 25.7 Å². The van der Waals surface area contributed by atoms with E-state index in [4.69, 9.17) is 4.74 Å². The van der Waals surface area contributed by atoms with Crippen LogP contribution < -0.4 is 5.32 Å². The number of hydrogen-bond donors (Lipinski definition) is 1. The Balaban J connectivity index is 2.47. The summed E-state index contributed by atoms with van der Waals surface area (Å²) in [6.07, 6.45) is 4.52. The Morgan fingerprint density at radius 3 is 2.48 bits per heavy atom. The Morgan fingerprint density at radius 1 is 1.26 bits per heavy atom. The summed E-state index contributed by atoms with van der Waals surface area (Å²) in [7, 11) is 0. The summed E-state index contributed by atoms with van der Waals surface area (Å²) in [5.41, 5.74) is -0.282. The molecule has 2 unspecified atom stereocenters. The van der Waals surface area contributed by atoms with E-state index >= 15 is 0 Å². The highest BCUT2D eigenvalue weighted by molar-refractivity contribution is 5.68. The number of ether oxygens (including phenoxy) is 1. The Labute approximate surface area is 143 Å². The van der Waals surface area contributed by atoms with Crippen molar-refractivity contribution < 1.29 is 9.53 Å². The summed E-state index contributed by atoms with van der Waals surface area (Å²) in [5, 5.41) is 3.68. The summed E-state index contributed by atoms with van der Waals surface area (Å²) in [6.45, 7) is 17.4. The van der Waals surface area contributed by atoms with Gasteiger partial charge in [0.05, 0.1) is 0 Å². The maximum atomic E-state index is 12.3. The van der Waals surface area contributed by atoms with Crippen molar-refractivity contribution in [2.24, 2.45) is 11.3 Å². The van der Waals surface area contributed by atoms with Crippen molar-refractivity contribution in [3.8, 4) is 0 Å². The number of likely N-dealkylation sites (tertiary alicyclic amines) is 1. The molecule has 1 N–H and O–H groups in total. The van der Waals surface area contributed by atoms with Crippen molar-refractivity contribution >= 4 is 6.09 Å². The van der Waals surface area contributed by atoms with Gasteiger partial charge in [-0.2, -0.15) is 0 Å². The standard InChI is InChI=1S/C19H38N2O2/c1-15(2)9-10-16(3)20-13-19(7)11-8-12-21(14-19)17(22)23-18(4,5)6/h15-16,20H,8-14H2,1-7H3. The molecule has 0 spiro atoms. The molecule has 4 heteroatoms. The van der Waals surface area contributed by atoms with E-state index in [1.54, 1.807) is 0 Å². The molecule has 2 atom stereocenters. The molecule has 1 heterocycles. The monoisotopic (exact) mass is 326 g/mol. The SMILES string of the molecule is CC(C)CCC(C)NCC1(C)CCCN(C(=O)OC(C)(C)C)C1. The van der Waals surface area contributed by atoms with Gasteiger partial charge in [-0.3, -0.25) is 0 Å². The zero-order chi connectivity index (χ0) is 17.7. The molecule has 1 aliphatic rings. The molecule has 0 aromatic rings. The lowest BCUT2D eigenvalue weighted by Gasteiger charge is -2.41. The minimum absolute atomic E-state index is 0.140. The number of carbonyl (C=O) groups is 1. The van der Waals surface area contributed by atoms with E-state index in [1.165, 1.54) is 12.8 Å². The first kappa shape index (κ1) is 20.3. The lowest BCUT2D eigenvalue weighted by molar-refractivity contribution is 0.00649. The second-order valence-corrected chi connectivity index (χ2v) is 9.07. The number of carbonyl (C=O) groups excluding carboxylic acids is 1. The van der Waals surface area contributed by atoms with Gasteiger partial charge < -0.3 is 15.0 Å². The highest BCUT2D eigenvalue weighted by Gasteiger charge is 2.35. The minimum Gasteiger partial charge on any atom is -0.444 e. The third kappa shape index (κ3) is 8.05. The fourth-order valence-electron chi connectivity index (χ4n) is 3.05. The predicted molar refractivity (Wildman–Crippen MR) is 96.7 cm³/mol. The number of hydrogen-bond acceptors (Lipinski definition) is 3. The van der Waals surface area contributed by atoms with Crippen LogP contribution in [0.25, 0.3) is 0 Å². The van der Waals surface area contributed by atoms with Crippen molar-refractivity contribution in [1.29, 1.82) is 0 Å². The van der Waals surface area contributed by atoms with E-state index in [9.17, 15) is 4.79 Å². The average Bonchev–Trinajstić information content (AvgIpc) is 2.41. The van der Waals surface area contributed by atoms with Gasteiger partial charge in [0.1, 0.15) is 5.60 Å². The molecule has 0 aromatic carbocycles. The number of nitrogens with one attached hydrogen (secondary N) is 1. The summed E-state index contributed by atoms with van der Waals surface area (Å²) < 4.78 is 5.53. The van der Waals surface area contributed by atoms with Crippen LogP contribution in [0.4, 0.5) is 4.79 Å². The molecular weight excluding hydrogens is 288 g/mol. The van der Waals surface area contributed by atoms with Gasteiger partial charge >= 0.3 is 6.09 Å². The van der Waals surface area contributed by atoms with Crippen LogP contribution in [0.15, 0.2) is 0 Å². The van der Waals surface area contributed by atoms with Crippen molar-refractivity contribution in [3.05, 3.63) is 0 Å². The summed E-state index contributed by atoms with van der Waals surface area (Å²) >= 11 is 0.